The number of benzene rings is 1. The smallest absolute Gasteiger partial charge is 0.312 e. The molecule has 0 saturated carbocycles. The molecule has 0 aliphatic carbocycles. The number of nitrogens with zero attached hydrogens (tertiary/aromatic N) is 1. The van der Waals surface area contributed by atoms with E-state index in [4.69, 9.17) is 4.74 Å². The molecule has 1 aromatic carbocycles. The minimum atomic E-state index is -3.61. The number of nitro benzene ring substituents is 1. The molecule has 1 aromatic rings. The Bertz CT molecular complexity index is 629. The lowest BCUT2D eigenvalue weighted by atomic mass is 9.87. The summed E-state index contributed by atoms with van der Waals surface area (Å²) in [7, 11) is -2.38. The lowest BCUT2D eigenvalue weighted by Crippen LogP contribution is -2.15. The van der Waals surface area contributed by atoms with Crippen molar-refractivity contribution in [3.05, 3.63) is 27.8 Å². The third-order valence-electron chi connectivity index (χ3n) is 3.02. The van der Waals surface area contributed by atoms with E-state index in [1.54, 1.807) is 0 Å². The minimum Gasteiger partial charge on any atom is -0.489 e. The van der Waals surface area contributed by atoms with Crippen molar-refractivity contribution < 1.29 is 18.1 Å². The van der Waals surface area contributed by atoms with Crippen LogP contribution in [0.15, 0.2) is 17.0 Å². The Hall–Kier alpha value is -1.63. The number of rotatable bonds is 4. The number of sulfone groups is 1. The zero-order chi connectivity index (χ0) is 15.7. The van der Waals surface area contributed by atoms with Crippen LogP contribution in [-0.4, -0.2) is 26.2 Å². The van der Waals surface area contributed by atoms with Crippen molar-refractivity contribution in [2.45, 2.75) is 38.0 Å². The quantitative estimate of drug-likeness (QED) is 0.630. The molecular formula is C13H19NO5S. The molecule has 0 radical (unpaired) electrons. The molecule has 0 aromatic heterocycles. The van der Waals surface area contributed by atoms with Crippen LogP contribution in [0.25, 0.3) is 0 Å². The highest BCUT2D eigenvalue weighted by Crippen LogP contribution is 2.39. The van der Waals surface area contributed by atoms with Crippen LogP contribution in [0.1, 0.15) is 33.3 Å². The third-order valence-corrected chi connectivity index (χ3v) is 4.75. The van der Waals surface area contributed by atoms with E-state index in [9.17, 15) is 18.5 Å². The van der Waals surface area contributed by atoms with E-state index in [1.807, 2.05) is 20.8 Å². The predicted molar refractivity (Wildman–Crippen MR) is 76.1 cm³/mol. The van der Waals surface area contributed by atoms with Gasteiger partial charge in [0.15, 0.2) is 9.84 Å². The van der Waals surface area contributed by atoms with Gasteiger partial charge in [-0.25, -0.2) is 8.42 Å². The van der Waals surface area contributed by atoms with Crippen LogP contribution in [0.2, 0.25) is 0 Å². The first kappa shape index (κ1) is 16.4. The lowest BCUT2D eigenvalue weighted by Gasteiger charge is -2.21. The normalized spacial score (nSPS) is 12.2. The molecule has 1 rings (SSSR count). The van der Waals surface area contributed by atoms with Gasteiger partial charge < -0.3 is 4.74 Å². The van der Waals surface area contributed by atoms with Crippen molar-refractivity contribution in [1.29, 1.82) is 0 Å². The second-order valence-electron chi connectivity index (χ2n) is 5.44. The molecule has 20 heavy (non-hydrogen) atoms. The van der Waals surface area contributed by atoms with Gasteiger partial charge in [-0.1, -0.05) is 27.7 Å². The number of hydrogen-bond donors (Lipinski definition) is 0. The Kier molecular flexibility index (Phi) is 4.43. The molecular weight excluding hydrogens is 282 g/mol. The van der Waals surface area contributed by atoms with E-state index in [1.165, 1.54) is 26.2 Å². The zero-order valence-corrected chi connectivity index (χ0v) is 13.1. The fraction of sp³-hybridized carbons (Fsp3) is 0.538. The van der Waals surface area contributed by atoms with Gasteiger partial charge in [0.1, 0.15) is 4.90 Å². The van der Waals surface area contributed by atoms with E-state index in [-0.39, 0.29) is 22.1 Å². The molecule has 0 atom stereocenters. The molecule has 0 unspecified atom stereocenters. The van der Waals surface area contributed by atoms with Crippen molar-refractivity contribution >= 4 is 15.5 Å². The standard InChI is InChI=1S/C13H19NO5S/c1-6-20(17,18)11-8-9(13(2,3)4)7-10(14(15)16)12(11)19-5/h7-8H,6H2,1-5H3. The summed E-state index contributed by atoms with van der Waals surface area (Å²) in [5.41, 5.74) is -0.154. The fourth-order valence-corrected chi connectivity index (χ4v) is 2.84. The molecule has 0 saturated heterocycles. The second-order valence-corrected chi connectivity index (χ2v) is 7.68. The van der Waals surface area contributed by atoms with E-state index in [2.05, 4.69) is 0 Å². The summed E-state index contributed by atoms with van der Waals surface area (Å²) in [5, 5.41) is 11.2. The molecule has 0 heterocycles. The van der Waals surface area contributed by atoms with Gasteiger partial charge in [-0.2, -0.15) is 0 Å². The van der Waals surface area contributed by atoms with Gasteiger partial charge in [0.25, 0.3) is 0 Å². The van der Waals surface area contributed by atoms with E-state index >= 15 is 0 Å². The number of nitro groups is 1. The number of ether oxygens (including phenoxy) is 1. The highest BCUT2D eigenvalue weighted by molar-refractivity contribution is 7.91. The van der Waals surface area contributed by atoms with E-state index in [0.29, 0.717) is 5.56 Å². The first-order valence-corrected chi connectivity index (χ1v) is 7.79. The van der Waals surface area contributed by atoms with Gasteiger partial charge in [-0.15, -0.1) is 0 Å². The summed E-state index contributed by atoms with van der Waals surface area (Å²) in [4.78, 5) is 10.4. The summed E-state index contributed by atoms with van der Waals surface area (Å²) in [5.74, 6) is -0.349. The van der Waals surface area contributed by atoms with Crippen molar-refractivity contribution in [2.75, 3.05) is 12.9 Å². The summed E-state index contributed by atoms with van der Waals surface area (Å²) >= 11 is 0. The maximum Gasteiger partial charge on any atom is 0.312 e. The molecule has 6 nitrogen and oxygen atoms in total. The van der Waals surface area contributed by atoms with Crippen LogP contribution < -0.4 is 4.74 Å². The molecule has 0 aliphatic rings. The first-order chi connectivity index (χ1) is 9.04. The van der Waals surface area contributed by atoms with Gasteiger partial charge in [0.2, 0.25) is 5.75 Å². The van der Waals surface area contributed by atoms with Crippen LogP contribution in [0, 0.1) is 10.1 Å². The van der Waals surface area contributed by atoms with Crippen LogP contribution in [0.5, 0.6) is 5.75 Å². The Morgan fingerprint density at radius 3 is 2.20 bits per heavy atom. The molecule has 0 fully saturated rings. The van der Waals surface area contributed by atoms with Gasteiger partial charge in [0, 0.05) is 6.07 Å². The van der Waals surface area contributed by atoms with Crippen molar-refractivity contribution in [3.8, 4) is 5.75 Å². The maximum atomic E-state index is 12.1. The molecule has 0 N–H and O–H groups in total. The molecule has 0 spiro atoms. The van der Waals surface area contributed by atoms with Crippen molar-refractivity contribution in [2.24, 2.45) is 0 Å². The van der Waals surface area contributed by atoms with Crippen LogP contribution in [0.3, 0.4) is 0 Å². The molecule has 112 valence electrons. The summed E-state index contributed by atoms with van der Waals surface area (Å²) in [6.45, 7) is 7.08. The second kappa shape index (κ2) is 5.40. The molecule has 0 bridgehead atoms. The van der Waals surface area contributed by atoms with Crippen LogP contribution >= 0.6 is 0 Å². The zero-order valence-electron chi connectivity index (χ0n) is 12.3. The van der Waals surface area contributed by atoms with Gasteiger partial charge in [-0.3, -0.25) is 10.1 Å². The van der Waals surface area contributed by atoms with Crippen LogP contribution in [0.4, 0.5) is 5.69 Å². The largest absolute Gasteiger partial charge is 0.489 e. The molecule has 0 aliphatic heterocycles. The Morgan fingerprint density at radius 2 is 1.85 bits per heavy atom. The lowest BCUT2D eigenvalue weighted by molar-refractivity contribution is -0.386. The van der Waals surface area contributed by atoms with Gasteiger partial charge in [-0.05, 0) is 17.0 Å². The summed E-state index contributed by atoms with van der Waals surface area (Å²) in [6.07, 6.45) is 0. The highest BCUT2D eigenvalue weighted by atomic mass is 32.2. The van der Waals surface area contributed by atoms with Crippen LogP contribution in [-0.2, 0) is 15.3 Å². The summed E-state index contributed by atoms with van der Waals surface area (Å²) < 4.78 is 29.2. The monoisotopic (exact) mass is 301 g/mol. The van der Waals surface area contributed by atoms with E-state index < -0.39 is 20.2 Å². The average Bonchev–Trinajstić information content (AvgIpc) is 2.35. The molecule has 0 amide bonds. The van der Waals surface area contributed by atoms with Crippen molar-refractivity contribution in [1.82, 2.24) is 0 Å². The first-order valence-electron chi connectivity index (χ1n) is 6.14. The number of hydrogen-bond acceptors (Lipinski definition) is 5. The Morgan fingerprint density at radius 1 is 1.30 bits per heavy atom. The average molecular weight is 301 g/mol. The predicted octanol–water partition coefficient (Wildman–Crippen LogP) is 2.69. The number of methoxy groups -OCH3 is 1. The van der Waals surface area contributed by atoms with Crippen molar-refractivity contribution in [3.63, 3.8) is 0 Å². The maximum absolute atomic E-state index is 12.1. The fourth-order valence-electron chi connectivity index (χ4n) is 1.75. The van der Waals surface area contributed by atoms with Gasteiger partial charge >= 0.3 is 5.69 Å². The summed E-state index contributed by atoms with van der Waals surface area (Å²) in [6, 6.07) is 2.83. The molecule has 7 heteroatoms. The highest BCUT2D eigenvalue weighted by Gasteiger charge is 2.30. The Labute approximate surface area is 118 Å². The SMILES string of the molecule is CCS(=O)(=O)c1cc(C(C)(C)C)cc([N+](=O)[O-])c1OC. The van der Waals surface area contributed by atoms with E-state index in [0.717, 1.165) is 0 Å². The third kappa shape index (κ3) is 3.09. The minimum absolute atomic E-state index is 0.123. The Balaban J connectivity index is 3.81. The topological polar surface area (TPSA) is 86.5 Å². The van der Waals surface area contributed by atoms with Gasteiger partial charge in [0.05, 0.1) is 17.8 Å².